The molecular formula is C24H23ClN6O4. The second-order valence-electron chi connectivity index (χ2n) is 9.09. The van der Waals surface area contributed by atoms with Gasteiger partial charge in [0.2, 0.25) is 6.35 Å². The molecule has 1 aromatic heterocycles. The highest BCUT2D eigenvalue weighted by Crippen LogP contribution is 2.51. The van der Waals surface area contributed by atoms with Gasteiger partial charge in [0.25, 0.3) is 0 Å². The van der Waals surface area contributed by atoms with E-state index in [1.807, 2.05) is 43.0 Å². The molecule has 10 nitrogen and oxygen atoms in total. The first-order valence-corrected chi connectivity index (χ1v) is 12.1. The van der Waals surface area contributed by atoms with E-state index in [1.54, 1.807) is 4.57 Å². The second-order valence-corrected chi connectivity index (χ2v) is 9.46. The van der Waals surface area contributed by atoms with Crippen LogP contribution in [-0.4, -0.2) is 62.1 Å². The third-order valence-corrected chi connectivity index (χ3v) is 7.55. The predicted octanol–water partition coefficient (Wildman–Crippen LogP) is 0.839. The van der Waals surface area contributed by atoms with Gasteiger partial charge in [0.15, 0.2) is 17.6 Å². The quantitative estimate of drug-likeness (QED) is 0.569. The third-order valence-electron chi connectivity index (χ3n) is 7.19. The molecule has 35 heavy (non-hydrogen) atoms. The molecule has 3 unspecified atom stereocenters. The number of imidazole rings is 1. The Morgan fingerprint density at radius 2 is 2.14 bits per heavy atom. The number of nitrogens with one attached hydrogen (secondary N) is 2. The number of aliphatic imine (C=N–C) groups is 2. The standard InChI is InChI=1S/C24H23ClN6O4/c1-3-30-15-8-17-13(6-11(15)29-24(30)33)27-21-19(34-17)7-14-22(20(21)25)35-18-9-16-10(5-12(18)26-14)28-23(32)31(16)4-2/h5,7-9,13,15,18,24,27,33H,3-4,6H2,1-2H3,(H,28,32)/t13?,15?,18?,24-/m0/s1. The summed E-state index contributed by atoms with van der Waals surface area (Å²) in [4.78, 5) is 26.3. The summed E-state index contributed by atoms with van der Waals surface area (Å²) in [6.45, 7) is 5.15. The topological polar surface area (TPSA) is 116 Å². The number of hydrogen-bond acceptors (Lipinski definition) is 8. The number of likely N-dealkylation sites (N-methyl/N-ethyl adjacent to an activating group) is 1. The molecule has 0 spiro atoms. The summed E-state index contributed by atoms with van der Waals surface area (Å²) in [5.74, 6) is 1.81. The lowest BCUT2D eigenvalue weighted by molar-refractivity contribution is 0.0253. The van der Waals surface area contributed by atoms with Crippen LogP contribution in [0, 0.1) is 0 Å². The maximum atomic E-state index is 12.3. The minimum absolute atomic E-state index is 0.0822. The minimum Gasteiger partial charge on any atom is -0.476 e. The number of aromatic nitrogens is 2. The van der Waals surface area contributed by atoms with Crippen LogP contribution in [0.15, 0.2) is 32.7 Å². The lowest BCUT2D eigenvalue weighted by atomic mass is 9.93. The SMILES string of the molecule is CCN1C2C=C3Oc4cc5c(c(Cl)c4NC3CC2=N[C@@H]1O)OC1C=c2c([nH]c(=O)n2CC)=CC1=N5. The van der Waals surface area contributed by atoms with Gasteiger partial charge in [-0.25, -0.2) is 19.7 Å². The van der Waals surface area contributed by atoms with Gasteiger partial charge in [-0.2, -0.15) is 0 Å². The number of hydrogen-bond donors (Lipinski definition) is 3. The van der Waals surface area contributed by atoms with Crippen LogP contribution in [0.4, 0.5) is 11.4 Å². The van der Waals surface area contributed by atoms with E-state index in [-0.39, 0.29) is 17.8 Å². The Hall–Kier alpha value is -3.34. The fourth-order valence-electron chi connectivity index (χ4n) is 5.50. The predicted molar refractivity (Wildman–Crippen MR) is 132 cm³/mol. The zero-order valence-electron chi connectivity index (χ0n) is 19.1. The van der Waals surface area contributed by atoms with Gasteiger partial charge in [-0.05, 0) is 25.2 Å². The molecule has 0 bridgehead atoms. The van der Waals surface area contributed by atoms with Gasteiger partial charge in [-0.15, -0.1) is 0 Å². The molecule has 4 atom stereocenters. The number of aromatic amines is 1. The zero-order chi connectivity index (χ0) is 24.0. The molecule has 7 rings (SSSR count). The molecule has 4 heterocycles. The number of H-pyrrole nitrogens is 1. The van der Waals surface area contributed by atoms with Gasteiger partial charge in [0.1, 0.15) is 22.2 Å². The Kier molecular flexibility index (Phi) is 4.39. The molecule has 0 fully saturated rings. The molecular weight excluding hydrogens is 472 g/mol. The van der Waals surface area contributed by atoms with Crippen LogP contribution in [0.3, 0.4) is 0 Å². The number of ether oxygens (including phenoxy) is 2. The normalized spacial score (nSPS) is 27.5. The summed E-state index contributed by atoms with van der Waals surface area (Å²) in [5.41, 5.74) is 2.65. The average molecular weight is 495 g/mol. The first-order valence-electron chi connectivity index (χ1n) is 11.8. The second kappa shape index (κ2) is 7.33. The molecule has 0 saturated heterocycles. The molecule has 3 aliphatic heterocycles. The van der Waals surface area contributed by atoms with Crippen molar-refractivity contribution in [2.45, 2.75) is 51.4 Å². The zero-order valence-corrected chi connectivity index (χ0v) is 19.8. The van der Waals surface area contributed by atoms with E-state index in [9.17, 15) is 9.90 Å². The number of aliphatic hydroxyl groups is 1. The first-order chi connectivity index (χ1) is 16.9. The Morgan fingerprint density at radius 1 is 1.29 bits per heavy atom. The van der Waals surface area contributed by atoms with Crippen molar-refractivity contribution in [3.63, 3.8) is 0 Å². The number of rotatable bonds is 2. The Morgan fingerprint density at radius 3 is 2.94 bits per heavy atom. The Bertz CT molecular complexity index is 1570. The Balaban J connectivity index is 1.29. The van der Waals surface area contributed by atoms with Gasteiger partial charge in [-0.1, -0.05) is 18.5 Å². The molecule has 1 aromatic carbocycles. The monoisotopic (exact) mass is 494 g/mol. The van der Waals surface area contributed by atoms with Gasteiger partial charge >= 0.3 is 5.69 Å². The molecule has 0 radical (unpaired) electrons. The van der Waals surface area contributed by atoms with Crippen molar-refractivity contribution in [2.75, 3.05) is 11.9 Å². The fourth-order valence-corrected chi connectivity index (χ4v) is 5.78. The molecule has 2 aliphatic carbocycles. The van der Waals surface area contributed by atoms with Crippen LogP contribution in [0.5, 0.6) is 11.5 Å². The molecule has 11 heteroatoms. The van der Waals surface area contributed by atoms with Crippen LogP contribution in [0.25, 0.3) is 12.2 Å². The van der Waals surface area contributed by atoms with Gasteiger partial charge in [0.05, 0.1) is 28.5 Å². The largest absolute Gasteiger partial charge is 0.476 e. The molecule has 180 valence electrons. The van der Waals surface area contributed by atoms with E-state index in [0.29, 0.717) is 58.5 Å². The van der Waals surface area contributed by atoms with Gasteiger partial charge in [0, 0.05) is 31.3 Å². The lowest BCUT2D eigenvalue weighted by Gasteiger charge is -2.37. The van der Waals surface area contributed by atoms with E-state index in [1.165, 1.54) is 0 Å². The molecule has 2 aromatic rings. The van der Waals surface area contributed by atoms with Crippen molar-refractivity contribution in [3.05, 3.63) is 44.1 Å². The number of fused-ring (bicyclic) bond motifs is 6. The van der Waals surface area contributed by atoms with Crippen molar-refractivity contribution in [1.82, 2.24) is 14.5 Å². The minimum atomic E-state index is -0.834. The summed E-state index contributed by atoms with van der Waals surface area (Å²) in [6, 6.07) is 1.59. The van der Waals surface area contributed by atoms with Gasteiger partial charge < -0.3 is 24.9 Å². The third kappa shape index (κ3) is 2.93. The average Bonchev–Trinajstić information content (AvgIpc) is 3.32. The first kappa shape index (κ1) is 21.0. The summed E-state index contributed by atoms with van der Waals surface area (Å²) >= 11 is 6.83. The summed E-state index contributed by atoms with van der Waals surface area (Å²) < 4.78 is 14.3. The lowest BCUT2D eigenvalue weighted by Crippen LogP contribution is -2.45. The summed E-state index contributed by atoms with van der Waals surface area (Å²) in [6.07, 6.45) is 5.06. The summed E-state index contributed by atoms with van der Waals surface area (Å²) in [7, 11) is 0. The van der Waals surface area contributed by atoms with Crippen molar-refractivity contribution in [1.29, 1.82) is 0 Å². The molecule has 0 amide bonds. The van der Waals surface area contributed by atoms with E-state index in [2.05, 4.69) is 15.3 Å². The molecule has 5 aliphatic rings. The highest BCUT2D eigenvalue weighted by atomic mass is 35.5. The highest BCUT2D eigenvalue weighted by molar-refractivity contribution is 6.36. The van der Waals surface area contributed by atoms with Gasteiger partial charge in [-0.3, -0.25) is 4.57 Å². The smallest absolute Gasteiger partial charge is 0.326 e. The van der Waals surface area contributed by atoms with Crippen LogP contribution in [0.1, 0.15) is 20.3 Å². The van der Waals surface area contributed by atoms with Crippen molar-refractivity contribution < 1.29 is 14.6 Å². The highest BCUT2D eigenvalue weighted by Gasteiger charge is 2.42. The summed E-state index contributed by atoms with van der Waals surface area (Å²) in [5, 5.41) is 15.7. The number of aliphatic hydroxyl groups excluding tert-OH is 1. The van der Waals surface area contributed by atoms with Crippen molar-refractivity contribution in [2.24, 2.45) is 9.98 Å². The van der Waals surface area contributed by atoms with Crippen LogP contribution >= 0.6 is 11.6 Å². The molecule has 0 saturated carbocycles. The maximum Gasteiger partial charge on any atom is 0.326 e. The van der Waals surface area contributed by atoms with Crippen molar-refractivity contribution >= 4 is 46.6 Å². The van der Waals surface area contributed by atoms with Crippen molar-refractivity contribution in [3.8, 4) is 11.5 Å². The fraction of sp³-hybridized carbons (Fsp3) is 0.375. The van der Waals surface area contributed by atoms with E-state index in [0.717, 1.165) is 16.8 Å². The van der Waals surface area contributed by atoms with E-state index >= 15 is 0 Å². The number of anilines is 1. The maximum absolute atomic E-state index is 12.3. The number of halogens is 1. The van der Waals surface area contributed by atoms with Crippen LogP contribution < -0.4 is 31.2 Å². The van der Waals surface area contributed by atoms with E-state index < -0.39 is 12.5 Å². The van der Waals surface area contributed by atoms with Crippen LogP contribution in [-0.2, 0) is 6.54 Å². The Labute approximate surface area is 204 Å². The van der Waals surface area contributed by atoms with E-state index in [4.69, 9.17) is 26.1 Å². The van der Waals surface area contributed by atoms with Crippen LogP contribution in [0.2, 0.25) is 5.02 Å². The number of benzene rings is 1. The molecule has 3 N–H and O–H groups in total. The number of nitrogens with zero attached hydrogens (tertiary/aromatic N) is 4.